The van der Waals surface area contributed by atoms with Gasteiger partial charge in [-0.1, -0.05) is 229 Å². The number of unbranched alkanes of at least 4 members (excludes halogenated alkanes) is 24. The van der Waals surface area contributed by atoms with Gasteiger partial charge < -0.3 is 25.2 Å². The first-order valence-electron chi connectivity index (χ1n) is 30.7. The van der Waals surface area contributed by atoms with Crippen LogP contribution in [0.3, 0.4) is 0 Å². The van der Waals surface area contributed by atoms with Gasteiger partial charge in [-0.2, -0.15) is 0 Å². The maximum Gasteiger partial charge on any atom is 0.305 e. The van der Waals surface area contributed by atoms with E-state index in [1.165, 1.54) is 154 Å². The highest BCUT2D eigenvalue weighted by Crippen LogP contribution is 2.23. The fourth-order valence-corrected chi connectivity index (χ4v) is 12.2. The molecule has 0 aliphatic carbocycles. The second-order valence-corrected chi connectivity index (χ2v) is 24.5. The summed E-state index contributed by atoms with van der Waals surface area (Å²) in [4.78, 5) is 22.3. The zero-order valence-electron chi connectivity index (χ0n) is 47.4. The molecule has 71 heavy (non-hydrogen) atoms. The van der Waals surface area contributed by atoms with Crippen LogP contribution >= 0.6 is 21.6 Å². The van der Waals surface area contributed by atoms with E-state index >= 15 is 0 Å². The molecule has 1 aliphatic heterocycles. The zero-order valence-corrected chi connectivity index (χ0v) is 49.0. The van der Waals surface area contributed by atoms with E-state index in [0.717, 1.165) is 115 Å². The summed E-state index contributed by atoms with van der Waals surface area (Å²) in [5.74, 6) is 2.04. The lowest BCUT2D eigenvalue weighted by atomic mass is 10.0. The topological polar surface area (TPSA) is 120 Å². The third kappa shape index (κ3) is 45.7. The average molecular weight is 1050 g/mol. The van der Waals surface area contributed by atoms with Gasteiger partial charge in [-0.05, 0) is 51.6 Å². The quantitative estimate of drug-likeness (QED) is 0.0264. The largest absolute Gasteiger partial charge is 0.464 e. The Morgan fingerprint density at radius 1 is 0.423 bits per heavy atom. The smallest absolute Gasteiger partial charge is 0.305 e. The average Bonchev–Trinajstić information content (AvgIpc) is 3.35. The molecule has 1 saturated heterocycles. The van der Waals surface area contributed by atoms with Crippen molar-refractivity contribution in [1.29, 1.82) is 0 Å². The van der Waals surface area contributed by atoms with Crippen molar-refractivity contribution in [2.45, 2.75) is 277 Å². The number of hydrogen-bond acceptors (Lipinski definition) is 12. The molecule has 0 aromatic heterocycles. The number of aliphatic hydroxyl groups excluding tert-OH is 4. The van der Waals surface area contributed by atoms with Crippen LogP contribution in [0, 0.1) is 0 Å². The van der Waals surface area contributed by atoms with Gasteiger partial charge in [0.2, 0.25) is 0 Å². The zero-order chi connectivity index (χ0) is 51.7. The van der Waals surface area contributed by atoms with Crippen LogP contribution in [0.5, 0.6) is 0 Å². The molecule has 1 rings (SSSR count). The molecule has 1 heterocycles. The molecule has 12 heteroatoms. The summed E-state index contributed by atoms with van der Waals surface area (Å²) >= 11 is 0. The molecule has 4 N–H and O–H groups in total. The molecule has 10 nitrogen and oxygen atoms in total. The van der Waals surface area contributed by atoms with Gasteiger partial charge in [0.1, 0.15) is 6.61 Å². The Morgan fingerprint density at radius 2 is 0.732 bits per heavy atom. The Morgan fingerprint density at radius 3 is 1.10 bits per heavy atom. The molecule has 0 spiro atoms. The fourth-order valence-electron chi connectivity index (χ4n) is 10.1. The van der Waals surface area contributed by atoms with Crippen LogP contribution in [0.25, 0.3) is 0 Å². The molecular weight excluding hydrogens is 925 g/mol. The van der Waals surface area contributed by atoms with E-state index in [1.807, 2.05) is 21.6 Å². The summed E-state index contributed by atoms with van der Waals surface area (Å²) in [6.07, 6.45) is 39.0. The van der Waals surface area contributed by atoms with E-state index in [0.29, 0.717) is 52.2 Å². The number of aliphatic hydroxyl groups is 4. The number of carbonyl (C=O) groups excluding carboxylic acids is 1. The maximum absolute atomic E-state index is 12.8. The summed E-state index contributed by atoms with van der Waals surface area (Å²) < 4.78 is 5.69. The molecule has 424 valence electrons. The van der Waals surface area contributed by atoms with E-state index in [1.54, 1.807) is 0 Å². The third-order valence-electron chi connectivity index (χ3n) is 14.7. The number of carbonyl (C=O) groups is 1. The van der Waals surface area contributed by atoms with Crippen molar-refractivity contribution < 1.29 is 30.0 Å². The van der Waals surface area contributed by atoms with Gasteiger partial charge in [0.25, 0.3) is 0 Å². The second-order valence-electron chi connectivity index (χ2n) is 21.8. The summed E-state index contributed by atoms with van der Waals surface area (Å²) in [5, 5.41) is 43.8. The maximum atomic E-state index is 12.8. The summed E-state index contributed by atoms with van der Waals surface area (Å²) in [6.45, 7) is 19.5. The van der Waals surface area contributed by atoms with Gasteiger partial charge in [0, 0.05) is 83.4 Å². The van der Waals surface area contributed by atoms with Crippen LogP contribution in [-0.4, -0.2) is 167 Å². The Hall–Kier alpha value is -0.150. The number of nitrogens with zero attached hydrogens (tertiary/aromatic N) is 4. The van der Waals surface area contributed by atoms with Gasteiger partial charge in [-0.3, -0.25) is 24.4 Å². The minimum absolute atomic E-state index is 0.149. The Labute approximate surface area is 448 Å². The molecular formula is C59H120N4O6S2. The lowest BCUT2D eigenvalue weighted by molar-refractivity contribution is -0.144. The molecule has 0 amide bonds. The number of rotatable bonds is 55. The number of esters is 1. The van der Waals surface area contributed by atoms with Crippen molar-refractivity contribution in [2.75, 3.05) is 96.6 Å². The van der Waals surface area contributed by atoms with E-state index in [9.17, 15) is 25.2 Å². The normalized spacial score (nSPS) is 15.5. The van der Waals surface area contributed by atoms with Crippen molar-refractivity contribution in [3.8, 4) is 0 Å². The van der Waals surface area contributed by atoms with E-state index in [4.69, 9.17) is 4.74 Å². The molecule has 1 aliphatic rings. The van der Waals surface area contributed by atoms with Gasteiger partial charge in [-0.15, -0.1) is 0 Å². The SMILES string of the molecule is CCCCCCCCCCC(O)CN(CCCSSCCN1CCN(CCOC(=O)CCCN(CC(O)CCCCCCCC)CC(O)CCCCCCCC)CC1)CC(O)CCCCCCCCCC. The molecule has 0 radical (unpaired) electrons. The lowest BCUT2D eigenvalue weighted by Crippen LogP contribution is -2.47. The van der Waals surface area contributed by atoms with Crippen molar-refractivity contribution in [3.05, 3.63) is 0 Å². The van der Waals surface area contributed by atoms with Crippen molar-refractivity contribution in [2.24, 2.45) is 0 Å². The van der Waals surface area contributed by atoms with Gasteiger partial charge in [-0.25, -0.2) is 0 Å². The second kappa shape index (κ2) is 51.9. The number of ether oxygens (including phenoxy) is 1. The molecule has 4 unspecified atom stereocenters. The van der Waals surface area contributed by atoms with E-state index < -0.39 is 12.2 Å². The van der Waals surface area contributed by atoms with Crippen LogP contribution in [0.15, 0.2) is 0 Å². The Kier molecular flexibility index (Phi) is 50.4. The standard InChI is InChI=1S/C59H120N4O6S2/c1-5-9-13-17-21-23-27-31-37-57(66)53-63(54-58(67)38-32-28-24-22-18-14-10-6-2)41-34-49-70-71-50-47-61-44-42-60(43-45-61)46-48-69-59(68)39-33-40-62(51-55(64)35-29-25-19-15-11-7-3)52-56(65)36-30-26-20-16-12-8-4/h55-58,64-67H,5-54H2,1-4H3. The summed E-state index contributed by atoms with van der Waals surface area (Å²) in [6, 6.07) is 0. The van der Waals surface area contributed by atoms with Crippen LogP contribution in [0.2, 0.25) is 0 Å². The monoisotopic (exact) mass is 1040 g/mol. The van der Waals surface area contributed by atoms with Crippen molar-refractivity contribution in [3.63, 3.8) is 0 Å². The molecule has 0 aromatic rings. The predicted molar refractivity (Wildman–Crippen MR) is 310 cm³/mol. The van der Waals surface area contributed by atoms with Crippen LogP contribution in [-0.2, 0) is 9.53 Å². The van der Waals surface area contributed by atoms with Gasteiger partial charge in [0.05, 0.1) is 24.4 Å². The minimum atomic E-state index is -0.402. The van der Waals surface area contributed by atoms with Crippen molar-refractivity contribution >= 4 is 27.6 Å². The highest BCUT2D eigenvalue weighted by molar-refractivity contribution is 8.76. The van der Waals surface area contributed by atoms with Gasteiger partial charge >= 0.3 is 5.97 Å². The van der Waals surface area contributed by atoms with E-state index in [-0.39, 0.29) is 18.2 Å². The minimum Gasteiger partial charge on any atom is -0.464 e. The first kappa shape index (κ1) is 68.9. The third-order valence-corrected chi connectivity index (χ3v) is 17.2. The Bertz CT molecular complexity index is 1060. The molecule has 0 saturated carbocycles. The highest BCUT2D eigenvalue weighted by Gasteiger charge is 2.20. The van der Waals surface area contributed by atoms with Crippen molar-refractivity contribution in [1.82, 2.24) is 19.6 Å². The van der Waals surface area contributed by atoms with E-state index in [2.05, 4.69) is 47.3 Å². The van der Waals surface area contributed by atoms with Crippen LogP contribution in [0.1, 0.15) is 252 Å². The number of hydrogen-bond donors (Lipinski definition) is 4. The molecule has 1 fully saturated rings. The lowest BCUT2D eigenvalue weighted by Gasteiger charge is -2.34. The molecule has 4 atom stereocenters. The molecule has 0 bridgehead atoms. The molecule has 0 aromatic carbocycles. The summed E-state index contributed by atoms with van der Waals surface area (Å²) in [5.41, 5.74) is 0. The fraction of sp³-hybridized carbons (Fsp3) is 0.983. The van der Waals surface area contributed by atoms with Crippen LogP contribution in [0.4, 0.5) is 0 Å². The predicted octanol–water partition coefficient (Wildman–Crippen LogP) is 13.3. The Balaban J connectivity index is 2.34. The van der Waals surface area contributed by atoms with Crippen LogP contribution < -0.4 is 0 Å². The number of piperazine rings is 1. The first-order valence-corrected chi connectivity index (χ1v) is 33.2. The highest BCUT2D eigenvalue weighted by atomic mass is 33.1. The van der Waals surface area contributed by atoms with Gasteiger partial charge in [0.15, 0.2) is 0 Å². The summed E-state index contributed by atoms with van der Waals surface area (Å²) in [7, 11) is 3.94. The first-order chi connectivity index (χ1) is 34.7.